The van der Waals surface area contributed by atoms with Crippen LogP contribution in [0.2, 0.25) is 0 Å². The number of aromatic nitrogens is 1. The Labute approximate surface area is 140 Å². The largest absolute Gasteiger partial charge is 0.461 e. The van der Waals surface area contributed by atoms with Gasteiger partial charge in [0.1, 0.15) is 17.1 Å². The molecule has 0 saturated carbocycles. The molecular weight excluding hydrogens is 304 g/mol. The number of rotatable bonds is 5. The molecule has 1 aromatic carbocycles. The average molecular weight is 326 g/mol. The van der Waals surface area contributed by atoms with Crippen molar-refractivity contribution in [2.75, 3.05) is 13.6 Å². The first kappa shape index (κ1) is 16.1. The zero-order chi connectivity index (χ0) is 16.9. The Bertz CT molecular complexity index is 795. The van der Waals surface area contributed by atoms with Crippen molar-refractivity contribution in [2.24, 2.45) is 4.99 Å². The van der Waals surface area contributed by atoms with Crippen LogP contribution in [0.3, 0.4) is 0 Å². The SMILES string of the molecule is CN=C(NCCc1cc2ccccc2o1)NCc1c(C)noc1C. The second-order valence-corrected chi connectivity index (χ2v) is 5.66. The number of benzene rings is 1. The summed E-state index contributed by atoms with van der Waals surface area (Å²) in [6.45, 7) is 5.21. The fourth-order valence-electron chi connectivity index (χ4n) is 2.61. The van der Waals surface area contributed by atoms with Gasteiger partial charge in [0, 0.05) is 37.5 Å². The van der Waals surface area contributed by atoms with E-state index in [1.807, 2.05) is 32.0 Å². The van der Waals surface area contributed by atoms with Crippen LogP contribution in [0.25, 0.3) is 11.0 Å². The van der Waals surface area contributed by atoms with Crippen molar-refractivity contribution in [3.8, 4) is 0 Å². The number of fused-ring (bicyclic) bond motifs is 1. The van der Waals surface area contributed by atoms with Crippen LogP contribution in [0.4, 0.5) is 0 Å². The van der Waals surface area contributed by atoms with Gasteiger partial charge < -0.3 is 19.6 Å². The maximum Gasteiger partial charge on any atom is 0.191 e. The van der Waals surface area contributed by atoms with Gasteiger partial charge in [-0.3, -0.25) is 4.99 Å². The van der Waals surface area contributed by atoms with Crippen LogP contribution in [0.1, 0.15) is 22.8 Å². The number of hydrogen-bond acceptors (Lipinski definition) is 4. The molecule has 3 aromatic rings. The molecule has 2 N–H and O–H groups in total. The number of furan rings is 1. The van der Waals surface area contributed by atoms with Crippen molar-refractivity contribution in [1.29, 1.82) is 0 Å². The second-order valence-electron chi connectivity index (χ2n) is 5.66. The van der Waals surface area contributed by atoms with Crippen LogP contribution in [0.15, 0.2) is 44.3 Å². The van der Waals surface area contributed by atoms with Crippen molar-refractivity contribution in [1.82, 2.24) is 15.8 Å². The molecule has 0 unspecified atom stereocenters. The van der Waals surface area contributed by atoms with E-state index < -0.39 is 0 Å². The molecule has 6 heteroatoms. The lowest BCUT2D eigenvalue weighted by atomic mass is 10.2. The van der Waals surface area contributed by atoms with Crippen LogP contribution < -0.4 is 10.6 Å². The summed E-state index contributed by atoms with van der Waals surface area (Å²) in [5, 5.41) is 11.7. The van der Waals surface area contributed by atoms with E-state index in [1.165, 1.54) is 0 Å². The van der Waals surface area contributed by atoms with E-state index in [0.717, 1.165) is 52.7 Å². The highest BCUT2D eigenvalue weighted by molar-refractivity contribution is 5.80. The average Bonchev–Trinajstić information content (AvgIpc) is 3.14. The third-order valence-electron chi connectivity index (χ3n) is 3.98. The first-order valence-electron chi connectivity index (χ1n) is 8.01. The highest BCUT2D eigenvalue weighted by atomic mass is 16.5. The smallest absolute Gasteiger partial charge is 0.191 e. The van der Waals surface area contributed by atoms with Gasteiger partial charge in [-0.15, -0.1) is 0 Å². The first-order chi connectivity index (χ1) is 11.7. The lowest BCUT2D eigenvalue weighted by Crippen LogP contribution is -2.38. The van der Waals surface area contributed by atoms with Crippen molar-refractivity contribution in [2.45, 2.75) is 26.8 Å². The molecule has 0 aliphatic carbocycles. The van der Waals surface area contributed by atoms with Crippen molar-refractivity contribution in [3.05, 3.63) is 53.1 Å². The lowest BCUT2D eigenvalue weighted by molar-refractivity contribution is 0.392. The molecule has 0 fully saturated rings. The summed E-state index contributed by atoms with van der Waals surface area (Å²) >= 11 is 0. The molecule has 0 atom stereocenters. The van der Waals surface area contributed by atoms with Crippen LogP contribution in [-0.2, 0) is 13.0 Å². The Hall–Kier alpha value is -2.76. The van der Waals surface area contributed by atoms with E-state index in [-0.39, 0.29) is 0 Å². The Balaban J connectivity index is 1.51. The van der Waals surface area contributed by atoms with Gasteiger partial charge in [0.05, 0.1) is 5.69 Å². The Morgan fingerprint density at radius 2 is 2.04 bits per heavy atom. The van der Waals surface area contributed by atoms with E-state index in [0.29, 0.717) is 6.54 Å². The maximum absolute atomic E-state index is 5.81. The monoisotopic (exact) mass is 326 g/mol. The number of nitrogens with zero attached hydrogens (tertiary/aromatic N) is 2. The van der Waals surface area contributed by atoms with Gasteiger partial charge in [0.15, 0.2) is 5.96 Å². The summed E-state index contributed by atoms with van der Waals surface area (Å²) in [6.07, 6.45) is 0.792. The Morgan fingerprint density at radius 3 is 2.75 bits per heavy atom. The number of aryl methyl sites for hydroxylation is 2. The molecule has 126 valence electrons. The molecule has 2 aromatic heterocycles. The summed E-state index contributed by atoms with van der Waals surface area (Å²) < 4.78 is 11.0. The van der Waals surface area contributed by atoms with E-state index in [4.69, 9.17) is 8.94 Å². The van der Waals surface area contributed by atoms with Crippen molar-refractivity contribution in [3.63, 3.8) is 0 Å². The molecule has 0 spiro atoms. The zero-order valence-corrected chi connectivity index (χ0v) is 14.2. The fourth-order valence-corrected chi connectivity index (χ4v) is 2.61. The van der Waals surface area contributed by atoms with Crippen LogP contribution >= 0.6 is 0 Å². The van der Waals surface area contributed by atoms with Crippen LogP contribution in [0.5, 0.6) is 0 Å². The van der Waals surface area contributed by atoms with Gasteiger partial charge in [-0.05, 0) is 26.0 Å². The third-order valence-corrected chi connectivity index (χ3v) is 3.98. The number of hydrogen-bond donors (Lipinski definition) is 2. The lowest BCUT2D eigenvalue weighted by Gasteiger charge is -2.11. The number of guanidine groups is 1. The molecule has 0 aliphatic heterocycles. The molecule has 3 rings (SSSR count). The molecule has 24 heavy (non-hydrogen) atoms. The molecule has 0 amide bonds. The van der Waals surface area contributed by atoms with Gasteiger partial charge in [0.2, 0.25) is 0 Å². The van der Waals surface area contributed by atoms with E-state index in [2.05, 4.69) is 32.9 Å². The predicted molar refractivity (Wildman–Crippen MR) is 94.1 cm³/mol. The van der Waals surface area contributed by atoms with Gasteiger partial charge in [-0.1, -0.05) is 23.4 Å². The van der Waals surface area contributed by atoms with E-state index >= 15 is 0 Å². The fraction of sp³-hybridized carbons (Fsp3) is 0.333. The minimum atomic E-state index is 0.630. The Morgan fingerprint density at radius 1 is 1.21 bits per heavy atom. The summed E-state index contributed by atoms with van der Waals surface area (Å²) in [5.74, 6) is 2.54. The minimum Gasteiger partial charge on any atom is -0.461 e. The highest BCUT2D eigenvalue weighted by Crippen LogP contribution is 2.18. The molecular formula is C18H22N4O2. The molecule has 6 nitrogen and oxygen atoms in total. The highest BCUT2D eigenvalue weighted by Gasteiger charge is 2.09. The minimum absolute atomic E-state index is 0.630. The van der Waals surface area contributed by atoms with E-state index in [1.54, 1.807) is 7.05 Å². The summed E-state index contributed by atoms with van der Waals surface area (Å²) in [7, 11) is 1.75. The van der Waals surface area contributed by atoms with Gasteiger partial charge in [-0.2, -0.15) is 0 Å². The van der Waals surface area contributed by atoms with Crippen molar-refractivity contribution < 1.29 is 8.94 Å². The van der Waals surface area contributed by atoms with Crippen LogP contribution in [-0.4, -0.2) is 24.7 Å². The summed E-state index contributed by atoms with van der Waals surface area (Å²) in [5.41, 5.74) is 2.89. The third kappa shape index (κ3) is 3.59. The summed E-state index contributed by atoms with van der Waals surface area (Å²) in [4.78, 5) is 4.23. The second kappa shape index (κ2) is 7.21. The van der Waals surface area contributed by atoms with Crippen molar-refractivity contribution >= 4 is 16.9 Å². The Kier molecular flexibility index (Phi) is 4.84. The number of aliphatic imine (C=N–C) groups is 1. The van der Waals surface area contributed by atoms with E-state index in [9.17, 15) is 0 Å². The van der Waals surface area contributed by atoms with Crippen LogP contribution in [0, 0.1) is 13.8 Å². The molecule has 0 saturated heterocycles. The molecule has 0 bridgehead atoms. The maximum atomic E-state index is 5.81. The molecule has 2 heterocycles. The zero-order valence-electron chi connectivity index (χ0n) is 14.2. The summed E-state index contributed by atoms with van der Waals surface area (Å²) in [6, 6.07) is 10.1. The molecule has 0 aliphatic rings. The number of nitrogens with one attached hydrogen (secondary N) is 2. The predicted octanol–water partition coefficient (Wildman–Crippen LogP) is 2.95. The normalized spacial score (nSPS) is 11.9. The van der Waals surface area contributed by atoms with Gasteiger partial charge in [0.25, 0.3) is 0 Å². The first-order valence-corrected chi connectivity index (χ1v) is 8.01. The standard InChI is InChI=1S/C18H22N4O2/c1-12-16(13(2)24-22-12)11-21-18(19-3)20-9-8-15-10-14-6-4-5-7-17(14)23-15/h4-7,10H,8-9,11H2,1-3H3,(H2,19,20,21). The number of para-hydroxylation sites is 1. The molecule has 0 radical (unpaired) electrons. The van der Waals surface area contributed by atoms with Gasteiger partial charge in [-0.25, -0.2) is 0 Å². The topological polar surface area (TPSA) is 75.6 Å². The van der Waals surface area contributed by atoms with Gasteiger partial charge >= 0.3 is 0 Å². The quantitative estimate of drug-likeness (QED) is 0.557.